The molecular weight excluding hydrogens is 353 g/mol. The van der Waals surface area contributed by atoms with Gasteiger partial charge in [-0.1, -0.05) is 0 Å². The highest BCUT2D eigenvalue weighted by atomic mass is 127. The summed E-state index contributed by atoms with van der Waals surface area (Å²) in [4.78, 5) is 4.42. The van der Waals surface area contributed by atoms with Gasteiger partial charge in [-0.2, -0.15) is 5.10 Å². The molecule has 0 spiro atoms. The van der Waals surface area contributed by atoms with E-state index < -0.39 is 0 Å². The van der Waals surface area contributed by atoms with Crippen molar-refractivity contribution in [1.82, 2.24) is 19.3 Å². The number of aryl methyl sites for hydroxylation is 2. The molecule has 0 aliphatic heterocycles. The van der Waals surface area contributed by atoms with Crippen molar-refractivity contribution in [3.63, 3.8) is 0 Å². The average molecular weight is 367 g/mol. The molecule has 0 bridgehead atoms. The first kappa shape index (κ1) is 12.5. The number of anilines is 1. The fourth-order valence-electron chi connectivity index (χ4n) is 2.26. The molecule has 3 aromatic rings. The van der Waals surface area contributed by atoms with Gasteiger partial charge < -0.3 is 10.3 Å². The Labute approximate surface area is 124 Å². The van der Waals surface area contributed by atoms with Crippen molar-refractivity contribution in [2.24, 2.45) is 7.05 Å². The highest BCUT2D eigenvalue weighted by Gasteiger charge is 2.11. The van der Waals surface area contributed by atoms with Crippen LogP contribution in [0.3, 0.4) is 0 Å². The summed E-state index contributed by atoms with van der Waals surface area (Å²) >= 11 is 2.28. The Morgan fingerprint density at radius 3 is 2.84 bits per heavy atom. The summed E-state index contributed by atoms with van der Waals surface area (Å²) in [5, 5.41) is 4.36. The molecule has 0 atom stereocenters. The lowest BCUT2D eigenvalue weighted by atomic mass is 10.2. The predicted octanol–water partition coefficient (Wildman–Crippen LogP) is 2.31. The maximum Gasteiger partial charge on any atom is 0.201 e. The molecule has 0 saturated carbocycles. The standard InChI is InChI=1S/C13H14IN5/c1-8-9(6-18(2)17-8)7-19-12-4-3-10(14)5-11(12)16-13(19)15/h3-6H,7H2,1-2H3,(H2,15,16). The topological polar surface area (TPSA) is 61.7 Å². The van der Waals surface area contributed by atoms with Gasteiger partial charge in [0, 0.05) is 22.4 Å². The molecule has 98 valence electrons. The summed E-state index contributed by atoms with van der Waals surface area (Å²) < 4.78 is 5.01. The molecule has 2 heterocycles. The van der Waals surface area contributed by atoms with Crippen LogP contribution >= 0.6 is 22.6 Å². The summed E-state index contributed by atoms with van der Waals surface area (Å²) in [5.41, 5.74) is 10.2. The number of benzene rings is 1. The predicted molar refractivity (Wildman–Crippen MR) is 83.9 cm³/mol. The Balaban J connectivity index is 2.10. The summed E-state index contributed by atoms with van der Waals surface area (Å²) in [6.07, 6.45) is 2.02. The third kappa shape index (κ3) is 2.20. The lowest BCUT2D eigenvalue weighted by Crippen LogP contribution is -2.04. The fraction of sp³-hybridized carbons (Fsp3) is 0.231. The first-order valence-electron chi connectivity index (χ1n) is 5.95. The Morgan fingerprint density at radius 2 is 2.16 bits per heavy atom. The number of aromatic nitrogens is 4. The van der Waals surface area contributed by atoms with E-state index in [0.717, 1.165) is 25.9 Å². The van der Waals surface area contributed by atoms with E-state index >= 15 is 0 Å². The van der Waals surface area contributed by atoms with Gasteiger partial charge in [0.2, 0.25) is 5.95 Å². The first-order chi connectivity index (χ1) is 9.04. The number of hydrogen-bond donors (Lipinski definition) is 1. The van der Waals surface area contributed by atoms with E-state index in [1.54, 1.807) is 0 Å². The third-order valence-corrected chi connectivity index (χ3v) is 3.85. The van der Waals surface area contributed by atoms with Crippen LogP contribution in [0.4, 0.5) is 5.95 Å². The first-order valence-corrected chi connectivity index (χ1v) is 7.03. The smallest absolute Gasteiger partial charge is 0.201 e. The molecule has 1 aromatic carbocycles. The molecule has 0 aliphatic carbocycles. The zero-order valence-electron chi connectivity index (χ0n) is 10.8. The fourth-order valence-corrected chi connectivity index (χ4v) is 2.74. The van der Waals surface area contributed by atoms with Gasteiger partial charge in [-0.05, 0) is 47.7 Å². The van der Waals surface area contributed by atoms with E-state index in [2.05, 4.69) is 44.8 Å². The molecule has 0 saturated heterocycles. The largest absolute Gasteiger partial charge is 0.369 e. The minimum atomic E-state index is 0.542. The minimum absolute atomic E-state index is 0.542. The molecule has 0 aliphatic rings. The summed E-state index contributed by atoms with van der Waals surface area (Å²) in [7, 11) is 1.92. The minimum Gasteiger partial charge on any atom is -0.369 e. The molecule has 3 rings (SSSR count). The number of nitrogens with two attached hydrogens (primary N) is 1. The van der Waals surface area contributed by atoms with Crippen molar-refractivity contribution in [2.75, 3.05) is 5.73 Å². The number of halogens is 1. The number of hydrogen-bond acceptors (Lipinski definition) is 3. The van der Waals surface area contributed by atoms with E-state index in [4.69, 9.17) is 5.73 Å². The Hall–Kier alpha value is -1.57. The van der Waals surface area contributed by atoms with Crippen LogP contribution < -0.4 is 5.73 Å². The van der Waals surface area contributed by atoms with Crippen LogP contribution in [0.15, 0.2) is 24.4 Å². The van der Waals surface area contributed by atoms with E-state index in [9.17, 15) is 0 Å². The van der Waals surface area contributed by atoms with Crippen LogP contribution in [0.1, 0.15) is 11.3 Å². The van der Waals surface area contributed by atoms with Crippen molar-refractivity contribution in [1.29, 1.82) is 0 Å². The number of imidazole rings is 1. The Kier molecular flexibility index (Phi) is 2.96. The zero-order chi connectivity index (χ0) is 13.6. The van der Waals surface area contributed by atoms with Gasteiger partial charge in [0.05, 0.1) is 23.3 Å². The van der Waals surface area contributed by atoms with Crippen molar-refractivity contribution in [3.05, 3.63) is 39.2 Å². The molecular formula is C13H14IN5. The number of rotatable bonds is 2. The number of nitrogen functional groups attached to an aromatic ring is 1. The van der Waals surface area contributed by atoms with Gasteiger partial charge in [0.1, 0.15) is 0 Å². The molecule has 5 nitrogen and oxygen atoms in total. The van der Waals surface area contributed by atoms with Crippen molar-refractivity contribution < 1.29 is 0 Å². The number of nitrogens with zero attached hydrogens (tertiary/aromatic N) is 4. The van der Waals surface area contributed by atoms with E-state index in [1.807, 2.05) is 35.5 Å². The lowest BCUT2D eigenvalue weighted by Gasteiger charge is -2.05. The van der Waals surface area contributed by atoms with E-state index in [0.29, 0.717) is 12.5 Å². The second-order valence-corrected chi connectivity index (χ2v) is 5.85. The highest BCUT2D eigenvalue weighted by Crippen LogP contribution is 2.22. The quantitative estimate of drug-likeness (QED) is 0.708. The molecule has 2 N–H and O–H groups in total. The zero-order valence-corrected chi connectivity index (χ0v) is 12.9. The van der Waals surface area contributed by atoms with Gasteiger partial charge in [0.15, 0.2) is 0 Å². The maximum atomic E-state index is 6.03. The summed E-state index contributed by atoms with van der Waals surface area (Å²) in [6, 6.07) is 6.17. The summed E-state index contributed by atoms with van der Waals surface area (Å²) in [5.74, 6) is 0.542. The molecule has 6 heteroatoms. The van der Waals surface area contributed by atoms with Gasteiger partial charge in [-0.25, -0.2) is 4.98 Å². The van der Waals surface area contributed by atoms with Gasteiger partial charge >= 0.3 is 0 Å². The van der Waals surface area contributed by atoms with Crippen LogP contribution in [-0.4, -0.2) is 19.3 Å². The second-order valence-electron chi connectivity index (χ2n) is 4.60. The maximum absolute atomic E-state index is 6.03. The number of fused-ring (bicyclic) bond motifs is 1. The van der Waals surface area contributed by atoms with Crippen molar-refractivity contribution in [2.45, 2.75) is 13.5 Å². The Bertz CT molecular complexity index is 756. The van der Waals surface area contributed by atoms with Crippen molar-refractivity contribution >= 4 is 39.6 Å². The SMILES string of the molecule is Cc1nn(C)cc1Cn1c(N)nc2cc(I)ccc21. The van der Waals surface area contributed by atoms with Crippen LogP contribution in [0.5, 0.6) is 0 Å². The van der Waals surface area contributed by atoms with Gasteiger partial charge in [0.25, 0.3) is 0 Å². The average Bonchev–Trinajstić information content (AvgIpc) is 2.80. The van der Waals surface area contributed by atoms with E-state index in [-0.39, 0.29) is 0 Å². The van der Waals surface area contributed by atoms with Crippen LogP contribution in [0, 0.1) is 10.5 Å². The normalized spacial score (nSPS) is 11.3. The summed E-state index contributed by atoms with van der Waals surface area (Å²) in [6.45, 7) is 2.70. The van der Waals surface area contributed by atoms with Gasteiger partial charge in [-0.15, -0.1) is 0 Å². The molecule has 19 heavy (non-hydrogen) atoms. The molecule has 0 unspecified atom stereocenters. The van der Waals surface area contributed by atoms with E-state index in [1.165, 1.54) is 0 Å². The van der Waals surface area contributed by atoms with Crippen molar-refractivity contribution in [3.8, 4) is 0 Å². The molecule has 0 amide bonds. The second kappa shape index (κ2) is 4.52. The Morgan fingerprint density at radius 1 is 1.37 bits per heavy atom. The van der Waals surface area contributed by atoms with Crippen LogP contribution in [0.2, 0.25) is 0 Å². The van der Waals surface area contributed by atoms with Crippen LogP contribution in [-0.2, 0) is 13.6 Å². The van der Waals surface area contributed by atoms with Gasteiger partial charge in [-0.3, -0.25) is 4.68 Å². The monoisotopic (exact) mass is 367 g/mol. The molecule has 0 radical (unpaired) electrons. The third-order valence-electron chi connectivity index (χ3n) is 3.18. The molecule has 2 aromatic heterocycles. The van der Waals surface area contributed by atoms with Crippen LogP contribution in [0.25, 0.3) is 11.0 Å². The lowest BCUT2D eigenvalue weighted by molar-refractivity contribution is 0.756. The molecule has 0 fully saturated rings. The highest BCUT2D eigenvalue weighted by molar-refractivity contribution is 14.1.